The zero-order valence-electron chi connectivity index (χ0n) is 17.8. The highest BCUT2D eigenvalue weighted by atomic mass is 32.2. The maximum Gasteiger partial charge on any atom is 0.233 e. The van der Waals surface area contributed by atoms with E-state index in [1.807, 2.05) is 18.7 Å². The summed E-state index contributed by atoms with van der Waals surface area (Å²) in [6.07, 6.45) is 0. The maximum atomic E-state index is 12.6. The Morgan fingerprint density at radius 3 is 1.64 bits per heavy atom. The molecular formula is C18H34N6O2S2. The van der Waals surface area contributed by atoms with Crippen molar-refractivity contribution in [2.24, 2.45) is 11.8 Å². The monoisotopic (exact) mass is 430 g/mol. The number of thioether (sulfide) groups is 2. The van der Waals surface area contributed by atoms with Crippen molar-refractivity contribution in [3.63, 3.8) is 0 Å². The molecule has 1 aromatic rings. The molecule has 10 heteroatoms. The lowest BCUT2D eigenvalue weighted by molar-refractivity contribution is -0.129. The van der Waals surface area contributed by atoms with Crippen LogP contribution in [-0.2, 0) is 9.59 Å². The molecular weight excluding hydrogens is 396 g/mol. The van der Waals surface area contributed by atoms with E-state index in [0.29, 0.717) is 35.2 Å². The van der Waals surface area contributed by atoms with Crippen LogP contribution in [0.15, 0.2) is 10.3 Å². The lowest BCUT2D eigenvalue weighted by Gasteiger charge is -2.26. The molecule has 1 heterocycles. The van der Waals surface area contributed by atoms with Gasteiger partial charge in [0, 0.05) is 26.2 Å². The lowest BCUT2D eigenvalue weighted by atomic mass is 10.1. The van der Waals surface area contributed by atoms with Gasteiger partial charge in [-0.3, -0.25) is 9.59 Å². The molecule has 0 spiro atoms. The minimum absolute atomic E-state index is 0.0420. The molecule has 160 valence electrons. The molecule has 0 aromatic carbocycles. The zero-order valence-corrected chi connectivity index (χ0v) is 19.5. The topological polar surface area (TPSA) is 97.4 Å². The van der Waals surface area contributed by atoms with E-state index in [4.69, 9.17) is 5.84 Å². The van der Waals surface area contributed by atoms with Crippen LogP contribution in [0.1, 0.15) is 41.5 Å². The largest absolute Gasteiger partial charge is 0.343 e. The van der Waals surface area contributed by atoms with Gasteiger partial charge in [-0.2, -0.15) is 0 Å². The van der Waals surface area contributed by atoms with Crippen molar-refractivity contribution in [3.8, 4) is 0 Å². The summed E-state index contributed by atoms with van der Waals surface area (Å²) in [5, 5.41) is 9.06. The Morgan fingerprint density at radius 1 is 0.893 bits per heavy atom. The highest BCUT2D eigenvalue weighted by Crippen LogP contribution is 2.21. The van der Waals surface area contributed by atoms with Crippen LogP contribution in [-0.4, -0.2) is 74.2 Å². The predicted molar refractivity (Wildman–Crippen MR) is 116 cm³/mol. The van der Waals surface area contributed by atoms with E-state index in [0.717, 1.165) is 13.1 Å². The van der Waals surface area contributed by atoms with Crippen LogP contribution in [0.2, 0.25) is 0 Å². The van der Waals surface area contributed by atoms with Crippen molar-refractivity contribution in [2.45, 2.75) is 51.9 Å². The molecule has 0 atom stereocenters. The fourth-order valence-electron chi connectivity index (χ4n) is 2.63. The Labute approximate surface area is 176 Å². The fourth-order valence-corrected chi connectivity index (χ4v) is 4.21. The van der Waals surface area contributed by atoms with Crippen molar-refractivity contribution in [3.05, 3.63) is 0 Å². The van der Waals surface area contributed by atoms with Gasteiger partial charge in [0.2, 0.25) is 22.1 Å². The molecule has 0 saturated carbocycles. The normalized spacial score (nSPS) is 11.3. The van der Waals surface area contributed by atoms with Crippen LogP contribution >= 0.6 is 23.5 Å². The Bertz CT molecular complexity index is 622. The first-order valence-electron chi connectivity index (χ1n) is 9.71. The van der Waals surface area contributed by atoms with Gasteiger partial charge in [0.15, 0.2) is 0 Å². The van der Waals surface area contributed by atoms with Gasteiger partial charge in [0.25, 0.3) is 0 Å². The number of hydrogen-bond donors (Lipinski definition) is 1. The fraction of sp³-hybridized carbons (Fsp3) is 0.778. The molecule has 0 aliphatic heterocycles. The molecule has 0 aliphatic rings. The molecule has 0 bridgehead atoms. The van der Waals surface area contributed by atoms with Gasteiger partial charge in [0.05, 0.1) is 11.5 Å². The molecule has 0 radical (unpaired) electrons. The van der Waals surface area contributed by atoms with Crippen LogP contribution in [0.4, 0.5) is 0 Å². The minimum atomic E-state index is 0.0420. The molecule has 1 aromatic heterocycles. The summed E-state index contributed by atoms with van der Waals surface area (Å²) in [7, 11) is 0. The number of nitrogens with two attached hydrogens (primary N) is 1. The lowest BCUT2D eigenvalue weighted by Crippen LogP contribution is -2.38. The number of amides is 2. The molecule has 8 nitrogen and oxygen atoms in total. The molecule has 2 N–H and O–H groups in total. The van der Waals surface area contributed by atoms with E-state index in [-0.39, 0.29) is 23.3 Å². The molecule has 0 fully saturated rings. The summed E-state index contributed by atoms with van der Waals surface area (Å²) in [5.41, 5.74) is 0. The molecule has 2 amide bonds. The quantitative estimate of drug-likeness (QED) is 0.401. The van der Waals surface area contributed by atoms with Crippen LogP contribution in [0.5, 0.6) is 0 Å². The highest BCUT2D eigenvalue weighted by Gasteiger charge is 2.19. The van der Waals surface area contributed by atoms with E-state index in [1.165, 1.54) is 28.2 Å². The van der Waals surface area contributed by atoms with Crippen molar-refractivity contribution in [1.29, 1.82) is 0 Å². The third-order valence-electron chi connectivity index (χ3n) is 3.92. The average molecular weight is 431 g/mol. The standard InChI is InChI=1S/C18H34N6O2S2/c1-7-22(8-2)15(25)11-27-17-20-21-18(24(17)19)28-12-16(26)23(9-13(3)4)10-14(5)6/h13-14H,7-12,19H2,1-6H3. The van der Waals surface area contributed by atoms with Crippen molar-refractivity contribution in [1.82, 2.24) is 24.7 Å². The van der Waals surface area contributed by atoms with Crippen LogP contribution in [0.25, 0.3) is 0 Å². The minimum Gasteiger partial charge on any atom is -0.343 e. The second-order valence-corrected chi connectivity index (χ2v) is 9.25. The first-order valence-corrected chi connectivity index (χ1v) is 11.7. The first kappa shape index (κ1) is 24.6. The summed E-state index contributed by atoms with van der Waals surface area (Å²) >= 11 is 2.53. The van der Waals surface area contributed by atoms with Crippen LogP contribution < -0.4 is 5.84 Å². The highest BCUT2D eigenvalue weighted by molar-refractivity contribution is 8.00. The van der Waals surface area contributed by atoms with E-state index in [1.54, 1.807) is 4.90 Å². The summed E-state index contributed by atoms with van der Waals surface area (Å²) in [6, 6.07) is 0. The smallest absolute Gasteiger partial charge is 0.233 e. The summed E-state index contributed by atoms with van der Waals surface area (Å²) in [6.45, 7) is 15.1. The summed E-state index contributed by atoms with van der Waals surface area (Å²) in [4.78, 5) is 28.4. The van der Waals surface area contributed by atoms with E-state index in [9.17, 15) is 9.59 Å². The average Bonchev–Trinajstić information content (AvgIpc) is 2.97. The molecule has 0 aliphatic carbocycles. The van der Waals surface area contributed by atoms with Gasteiger partial charge in [0.1, 0.15) is 0 Å². The number of nitrogens with zero attached hydrogens (tertiary/aromatic N) is 5. The zero-order chi connectivity index (χ0) is 21.3. The second-order valence-electron chi connectivity index (χ2n) is 7.36. The SMILES string of the molecule is CCN(CC)C(=O)CSc1nnc(SCC(=O)N(CC(C)C)CC(C)C)n1N. The number of rotatable bonds is 12. The van der Waals surface area contributed by atoms with Crippen LogP contribution in [0, 0.1) is 11.8 Å². The molecule has 0 saturated heterocycles. The number of aromatic nitrogens is 3. The third-order valence-corrected chi connectivity index (χ3v) is 5.78. The third kappa shape index (κ3) is 7.90. The van der Waals surface area contributed by atoms with Crippen molar-refractivity contribution >= 4 is 35.3 Å². The molecule has 0 unspecified atom stereocenters. The van der Waals surface area contributed by atoms with Gasteiger partial charge in [-0.25, -0.2) is 4.68 Å². The van der Waals surface area contributed by atoms with E-state index < -0.39 is 0 Å². The second kappa shape index (κ2) is 12.2. The van der Waals surface area contributed by atoms with E-state index in [2.05, 4.69) is 37.9 Å². The summed E-state index contributed by atoms with van der Waals surface area (Å²) in [5.74, 6) is 7.52. The number of carbonyl (C=O) groups is 2. The first-order chi connectivity index (χ1) is 13.2. The Balaban J connectivity index is 2.63. The maximum absolute atomic E-state index is 12.6. The number of hydrogen-bond acceptors (Lipinski definition) is 7. The van der Waals surface area contributed by atoms with Crippen molar-refractivity contribution < 1.29 is 9.59 Å². The Kier molecular flexibility index (Phi) is 10.7. The van der Waals surface area contributed by atoms with Gasteiger partial charge >= 0.3 is 0 Å². The molecule has 1 rings (SSSR count). The number of carbonyl (C=O) groups excluding carboxylic acids is 2. The van der Waals surface area contributed by atoms with Gasteiger partial charge in [-0.15, -0.1) is 10.2 Å². The van der Waals surface area contributed by atoms with E-state index >= 15 is 0 Å². The van der Waals surface area contributed by atoms with Gasteiger partial charge in [-0.1, -0.05) is 51.2 Å². The van der Waals surface area contributed by atoms with Crippen molar-refractivity contribution in [2.75, 3.05) is 43.5 Å². The van der Waals surface area contributed by atoms with Gasteiger partial charge in [-0.05, 0) is 25.7 Å². The summed E-state index contributed by atoms with van der Waals surface area (Å²) < 4.78 is 1.35. The Hall–Kier alpha value is -1.42. The number of nitrogen functional groups attached to an aromatic ring is 1. The van der Waals surface area contributed by atoms with Crippen LogP contribution in [0.3, 0.4) is 0 Å². The molecule has 28 heavy (non-hydrogen) atoms. The Morgan fingerprint density at radius 2 is 1.29 bits per heavy atom. The van der Waals surface area contributed by atoms with Gasteiger partial charge < -0.3 is 15.6 Å². The predicted octanol–water partition coefficient (Wildman–Crippen LogP) is 2.19.